The van der Waals surface area contributed by atoms with Gasteiger partial charge in [0.2, 0.25) is 0 Å². The lowest BCUT2D eigenvalue weighted by Gasteiger charge is -2.22. The van der Waals surface area contributed by atoms with Crippen molar-refractivity contribution in [3.05, 3.63) is 83.4 Å². The quantitative estimate of drug-likeness (QED) is 0.515. The van der Waals surface area contributed by atoms with E-state index in [-0.39, 0.29) is 25.0 Å². The van der Waals surface area contributed by atoms with Gasteiger partial charge >= 0.3 is 0 Å². The number of benzene rings is 2. The number of aliphatic hydroxyl groups excluding tert-OH is 1. The highest BCUT2D eigenvalue weighted by Gasteiger charge is 2.29. The van der Waals surface area contributed by atoms with Crippen LogP contribution in [0.4, 0.5) is 5.82 Å². The van der Waals surface area contributed by atoms with Crippen LogP contribution in [-0.4, -0.2) is 37.3 Å². The van der Waals surface area contributed by atoms with Crippen LogP contribution in [0.1, 0.15) is 47.4 Å². The van der Waals surface area contributed by atoms with E-state index < -0.39 is 0 Å². The molecule has 2 unspecified atom stereocenters. The van der Waals surface area contributed by atoms with Crippen LogP contribution in [0, 0.1) is 0 Å². The number of fused-ring (bicyclic) bond motifs is 3. The number of nitrogens with zero attached hydrogens (tertiary/aromatic N) is 4. The number of hydrogen-bond donors (Lipinski definition) is 2. The number of aryl methyl sites for hydroxylation is 2. The number of hydrogen-bond acceptors (Lipinski definition) is 6. The Morgan fingerprint density at radius 3 is 2.34 bits per heavy atom. The molecule has 162 valence electrons. The van der Waals surface area contributed by atoms with E-state index in [0.29, 0.717) is 5.82 Å². The van der Waals surface area contributed by atoms with Gasteiger partial charge in [0.05, 0.1) is 25.1 Å². The van der Waals surface area contributed by atoms with Gasteiger partial charge in [0.1, 0.15) is 12.6 Å². The van der Waals surface area contributed by atoms with Crippen molar-refractivity contribution in [3.63, 3.8) is 0 Å². The molecule has 2 aromatic heterocycles. The lowest BCUT2D eigenvalue weighted by Crippen LogP contribution is -2.16. The first-order valence-electron chi connectivity index (χ1n) is 11.2. The lowest BCUT2D eigenvalue weighted by molar-refractivity contribution is -0.0207. The van der Waals surface area contributed by atoms with Crippen LogP contribution in [0.5, 0.6) is 0 Å². The molecule has 2 aromatic carbocycles. The van der Waals surface area contributed by atoms with Crippen LogP contribution in [0.2, 0.25) is 0 Å². The highest BCUT2D eigenvalue weighted by Crippen LogP contribution is 2.36. The largest absolute Gasteiger partial charge is 0.394 e. The molecular weight excluding hydrogens is 402 g/mol. The number of imidazole rings is 1. The van der Waals surface area contributed by atoms with E-state index in [9.17, 15) is 5.11 Å². The summed E-state index contributed by atoms with van der Waals surface area (Å²) in [4.78, 5) is 13.7. The van der Waals surface area contributed by atoms with Crippen molar-refractivity contribution in [3.8, 4) is 0 Å². The highest BCUT2D eigenvalue weighted by molar-refractivity contribution is 5.83. The van der Waals surface area contributed by atoms with Gasteiger partial charge in [-0.3, -0.25) is 4.57 Å². The third-order valence-corrected chi connectivity index (χ3v) is 6.63. The number of aromatic nitrogens is 4. The summed E-state index contributed by atoms with van der Waals surface area (Å²) in [6.07, 6.45) is 6.74. The van der Waals surface area contributed by atoms with Crippen LogP contribution < -0.4 is 5.32 Å². The van der Waals surface area contributed by atoms with Gasteiger partial charge in [-0.25, -0.2) is 15.0 Å². The molecule has 1 saturated heterocycles. The molecule has 0 saturated carbocycles. The van der Waals surface area contributed by atoms with Gasteiger partial charge in [0.15, 0.2) is 17.0 Å². The minimum absolute atomic E-state index is 0.0188. The molecule has 1 aliphatic heterocycles. The Hall–Kier alpha value is -3.29. The molecule has 2 N–H and O–H groups in total. The highest BCUT2D eigenvalue weighted by atomic mass is 16.5. The SMILES string of the molecule is OCC1CCC(n2cnc3c(NC4c5ccccc5CCc5ccccc54)ncnc32)O1. The standard InChI is InChI=1S/C25H25N5O2/c31-13-18-11-12-21(32-18)30-15-28-23-24(26-14-27-25(23)30)29-22-19-7-3-1-5-16(19)9-10-17-6-2-4-8-20(17)22/h1-8,14-15,18,21-22,31H,9-13H2,(H,26,27,29). The van der Waals surface area contributed by atoms with Crippen molar-refractivity contribution >= 4 is 17.0 Å². The Kier molecular flexibility index (Phi) is 4.85. The molecule has 2 atom stereocenters. The van der Waals surface area contributed by atoms with Gasteiger partial charge in [-0.15, -0.1) is 0 Å². The predicted molar refractivity (Wildman–Crippen MR) is 121 cm³/mol. The van der Waals surface area contributed by atoms with Crippen molar-refractivity contribution in [2.24, 2.45) is 0 Å². The Labute approximate surface area is 186 Å². The van der Waals surface area contributed by atoms with E-state index in [2.05, 4.69) is 68.8 Å². The van der Waals surface area contributed by atoms with Crippen LogP contribution in [0.25, 0.3) is 11.2 Å². The Balaban J connectivity index is 1.41. The van der Waals surface area contributed by atoms with Crippen LogP contribution in [0.15, 0.2) is 61.2 Å². The first-order chi connectivity index (χ1) is 15.8. The summed E-state index contributed by atoms with van der Waals surface area (Å²) in [6, 6.07) is 17.2. The summed E-state index contributed by atoms with van der Waals surface area (Å²) in [6.45, 7) is 0.0332. The molecule has 4 aromatic rings. The topological polar surface area (TPSA) is 85.1 Å². The minimum Gasteiger partial charge on any atom is -0.394 e. The fraction of sp³-hybridized carbons (Fsp3) is 0.320. The maximum Gasteiger partial charge on any atom is 0.167 e. The van der Waals surface area contributed by atoms with Gasteiger partial charge in [-0.2, -0.15) is 0 Å². The zero-order valence-electron chi connectivity index (χ0n) is 17.7. The second-order valence-electron chi connectivity index (χ2n) is 8.49. The van der Waals surface area contributed by atoms with E-state index in [1.807, 2.05) is 4.57 Å². The average Bonchev–Trinajstić information content (AvgIpc) is 3.45. The summed E-state index contributed by atoms with van der Waals surface area (Å²) in [7, 11) is 0. The van der Waals surface area contributed by atoms with Gasteiger partial charge in [0.25, 0.3) is 0 Å². The minimum atomic E-state index is -0.167. The third kappa shape index (κ3) is 3.25. The normalized spacial score (nSPS) is 20.7. The molecule has 0 bridgehead atoms. The Morgan fingerprint density at radius 1 is 0.938 bits per heavy atom. The fourth-order valence-electron chi connectivity index (χ4n) is 5.01. The fourth-order valence-corrected chi connectivity index (χ4v) is 5.01. The van der Waals surface area contributed by atoms with Crippen LogP contribution in [-0.2, 0) is 17.6 Å². The molecule has 0 radical (unpaired) electrons. The molecular formula is C25H25N5O2. The van der Waals surface area contributed by atoms with E-state index in [0.717, 1.165) is 36.8 Å². The summed E-state index contributed by atoms with van der Waals surface area (Å²) in [5, 5.41) is 13.1. The Bertz CT molecular complexity index is 1220. The second-order valence-corrected chi connectivity index (χ2v) is 8.49. The summed E-state index contributed by atoms with van der Waals surface area (Å²) in [5.74, 6) is 0.710. The van der Waals surface area contributed by atoms with Crippen molar-refractivity contribution in [2.75, 3.05) is 11.9 Å². The molecule has 32 heavy (non-hydrogen) atoms. The van der Waals surface area contributed by atoms with Crippen molar-refractivity contribution < 1.29 is 9.84 Å². The summed E-state index contributed by atoms with van der Waals surface area (Å²) >= 11 is 0. The van der Waals surface area contributed by atoms with E-state index >= 15 is 0 Å². The lowest BCUT2D eigenvalue weighted by atomic mass is 9.94. The summed E-state index contributed by atoms with van der Waals surface area (Å²) in [5.41, 5.74) is 6.71. The monoisotopic (exact) mass is 427 g/mol. The molecule has 1 aliphatic carbocycles. The number of nitrogens with one attached hydrogen (secondary N) is 1. The number of ether oxygens (including phenoxy) is 1. The molecule has 0 spiro atoms. The molecule has 1 fully saturated rings. The van der Waals surface area contributed by atoms with Gasteiger partial charge < -0.3 is 15.2 Å². The van der Waals surface area contributed by atoms with Gasteiger partial charge in [0, 0.05) is 0 Å². The molecule has 7 nitrogen and oxygen atoms in total. The van der Waals surface area contributed by atoms with E-state index in [1.54, 1.807) is 12.7 Å². The van der Waals surface area contributed by atoms with Crippen LogP contribution >= 0.6 is 0 Å². The Morgan fingerprint density at radius 2 is 1.66 bits per heavy atom. The molecule has 6 rings (SSSR count). The first kappa shape index (κ1) is 19.4. The maximum absolute atomic E-state index is 9.42. The molecule has 3 heterocycles. The van der Waals surface area contributed by atoms with Crippen molar-refractivity contribution in [2.45, 2.75) is 44.1 Å². The number of rotatable bonds is 4. The number of anilines is 1. The van der Waals surface area contributed by atoms with Gasteiger partial charge in [-0.1, -0.05) is 48.5 Å². The van der Waals surface area contributed by atoms with E-state index in [4.69, 9.17) is 4.74 Å². The van der Waals surface area contributed by atoms with Crippen molar-refractivity contribution in [1.82, 2.24) is 19.5 Å². The smallest absolute Gasteiger partial charge is 0.167 e. The number of aliphatic hydroxyl groups is 1. The average molecular weight is 428 g/mol. The van der Waals surface area contributed by atoms with Crippen molar-refractivity contribution in [1.29, 1.82) is 0 Å². The first-order valence-corrected chi connectivity index (χ1v) is 11.2. The van der Waals surface area contributed by atoms with Crippen LogP contribution in [0.3, 0.4) is 0 Å². The summed E-state index contributed by atoms with van der Waals surface area (Å²) < 4.78 is 7.91. The zero-order valence-corrected chi connectivity index (χ0v) is 17.7. The van der Waals surface area contributed by atoms with Gasteiger partial charge in [-0.05, 0) is 47.9 Å². The third-order valence-electron chi connectivity index (χ3n) is 6.63. The molecule has 0 amide bonds. The predicted octanol–water partition coefficient (Wildman–Crippen LogP) is 3.80. The molecule has 2 aliphatic rings. The zero-order chi connectivity index (χ0) is 21.5. The van der Waals surface area contributed by atoms with E-state index in [1.165, 1.54) is 22.3 Å². The second kappa shape index (κ2) is 8.00. The maximum atomic E-state index is 9.42. The molecule has 7 heteroatoms.